The van der Waals surface area contributed by atoms with Gasteiger partial charge in [0, 0.05) is 35.8 Å². The molecule has 0 unspecified atom stereocenters. The number of benzene rings is 1. The van der Waals surface area contributed by atoms with Crippen molar-refractivity contribution in [1.29, 1.82) is 0 Å². The molecule has 8 heteroatoms. The average Bonchev–Trinajstić information content (AvgIpc) is 3.11. The number of ketones is 1. The van der Waals surface area contributed by atoms with Crippen LogP contribution in [0.15, 0.2) is 53.9 Å². The van der Waals surface area contributed by atoms with Crippen LogP contribution >= 0.6 is 11.8 Å². The van der Waals surface area contributed by atoms with Crippen molar-refractivity contribution in [2.45, 2.75) is 44.1 Å². The molecular formula is C21H23N5O2S. The number of aromatic nitrogens is 4. The number of hydrogen-bond donors (Lipinski definition) is 1. The van der Waals surface area contributed by atoms with Gasteiger partial charge in [-0.05, 0) is 44.5 Å². The number of thioether (sulfide) groups is 1. The smallest absolute Gasteiger partial charge is 0.237 e. The van der Waals surface area contributed by atoms with Gasteiger partial charge in [-0.1, -0.05) is 30.8 Å². The molecule has 0 aliphatic rings. The van der Waals surface area contributed by atoms with Gasteiger partial charge >= 0.3 is 0 Å². The Kier molecular flexibility index (Phi) is 6.77. The number of nitrogens with one attached hydrogen (secondary N) is 1. The molecular weight excluding hydrogens is 386 g/mol. The van der Waals surface area contributed by atoms with E-state index in [1.807, 2.05) is 23.6 Å². The summed E-state index contributed by atoms with van der Waals surface area (Å²) in [5.74, 6) is 0.561. The monoisotopic (exact) mass is 409 g/mol. The molecule has 7 nitrogen and oxygen atoms in total. The molecule has 0 radical (unpaired) electrons. The van der Waals surface area contributed by atoms with Crippen molar-refractivity contribution >= 4 is 29.1 Å². The maximum absolute atomic E-state index is 12.7. The molecule has 0 saturated carbocycles. The number of rotatable bonds is 8. The largest absolute Gasteiger partial charge is 0.325 e. The lowest BCUT2D eigenvalue weighted by Crippen LogP contribution is -2.23. The third-order valence-electron chi connectivity index (χ3n) is 4.29. The van der Waals surface area contributed by atoms with Crippen LogP contribution in [0.5, 0.6) is 0 Å². The van der Waals surface area contributed by atoms with Crippen LogP contribution in [0.3, 0.4) is 0 Å². The van der Waals surface area contributed by atoms with E-state index in [4.69, 9.17) is 0 Å². The molecule has 1 amide bonds. The van der Waals surface area contributed by atoms with Gasteiger partial charge in [-0.2, -0.15) is 0 Å². The highest BCUT2D eigenvalue weighted by molar-refractivity contribution is 8.00. The van der Waals surface area contributed by atoms with Crippen LogP contribution < -0.4 is 5.32 Å². The molecule has 2 aromatic heterocycles. The fraction of sp³-hybridized carbons (Fsp3) is 0.286. The van der Waals surface area contributed by atoms with Crippen LogP contribution in [0.25, 0.3) is 11.4 Å². The van der Waals surface area contributed by atoms with Crippen LogP contribution in [0.4, 0.5) is 5.69 Å². The van der Waals surface area contributed by atoms with Crippen molar-refractivity contribution in [2.24, 2.45) is 0 Å². The SMILES string of the molecule is CCCn1c(S[C@H](C)C(=O)Nc2cccc(C(C)=O)c2)nnc1-c1ccncc1. The highest BCUT2D eigenvalue weighted by Gasteiger charge is 2.21. The number of carbonyl (C=O) groups is 2. The maximum Gasteiger partial charge on any atom is 0.237 e. The second-order valence-corrected chi connectivity index (χ2v) is 7.89. The molecule has 1 aromatic carbocycles. The van der Waals surface area contributed by atoms with Crippen LogP contribution in [0, 0.1) is 0 Å². The zero-order valence-electron chi connectivity index (χ0n) is 16.6. The van der Waals surface area contributed by atoms with Crippen molar-refractivity contribution in [1.82, 2.24) is 19.7 Å². The fourth-order valence-corrected chi connectivity index (χ4v) is 3.66. The summed E-state index contributed by atoms with van der Waals surface area (Å²) in [6, 6.07) is 10.7. The Morgan fingerprint density at radius 1 is 1.17 bits per heavy atom. The topological polar surface area (TPSA) is 89.8 Å². The molecule has 0 saturated heterocycles. The quantitative estimate of drug-likeness (QED) is 0.445. The molecule has 0 fully saturated rings. The normalized spacial score (nSPS) is 11.8. The van der Waals surface area contributed by atoms with Crippen molar-refractivity contribution in [3.8, 4) is 11.4 Å². The van der Waals surface area contributed by atoms with Crippen molar-refractivity contribution < 1.29 is 9.59 Å². The summed E-state index contributed by atoms with van der Waals surface area (Å²) in [5.41, 5.74) is 2.10. The zero-order valence-corrected chi connectivity index (χ0v) is 17.4. The maximum atomic E-state index is 12.7. The Hall–Kier alpha value is -3.00. The summed E-state index contributed by atoms with van der Waals surface area (Å²) in [6.45, 7) is 6.16. The lowest BCUT2D eigenvalue weighted by atomic mass is 10.1. The number of amides is 1. The third kappa shape index (κ3) is 5.08. The molecule has 0 aliphatic carbocycles. The minimum absolute atomic E-state index is 0.0418. The van der Waals surface area contributed by atoms with Crippen molar-refractivity contribution in [2.75, 3.05) is 5.32 Å². The van der Waals surface area contributed by atoms with Gasteiger partial charge < -0.3 is 9.88 Å². The summed E-state index contributed by atoms with van der Waals surface area (Å²) in [5, 5.41) is 11.8. The first-order valence-corrected chi connectivity index (χ1v) is 10.3. The predicted octanol–water partition coefficient (Wildman–Crippen LogP) is 4.07. The van der Waals surface area contributed by atoms with Crippen LogP contribution in [-0.4, -0.2) is 36.7 Å². The average molecular weight is 410 g/mol. The third-order valence-corrected chi connectivity index (χ3v) is 5.37. The van der Waals surface area contributed by atoms with E-state index in [-0.39, 0.29) is 16.9 Å². The van der Waals surface area contributed by atoms with E-state index < -0.39 is 0 Å². The molecule has 1 atom stereocenters. The van der Waals surface area contributed by atoms with Gasteiger partial charge in [0.25, 0.3) is 0 Å². The molecule has 3 rings (SSSR count). The first-order chi connectivity index (χ1) is 14.0. The van der Waals surface area contributed by atoms with Gasteiger partial charge in [-0.25, -0.2) is 0 Å². The molecule has 0 aliphatic heterocycles. The predicted molar refractivity (Wildman–Crippen MR) is 114 cm³/mol. The number of nitrogens with zero attached hydrogens (tertiary/aromatic N) is 4. The Bertz CT molecular complexity index is 1000. The Morgan fingerprint density at radius 2 is 1.93 bits per heavy atom. The molecule has 3 aromatic rings. The second kappa shape index (κ2) is 9.47. The van der Waals surface area contributed by atoms with Crippen molar-refractivity contribution in [3.63, 3.8) is 0 Å². The van der Waals surface area contributed by atoms with Gasteiger partial charge in [0.05, 0.1) is 5.25 Å². The molecule has 1 N–H and O–H groups in total. The number of anilines is 1. The number of carbonyl (C=O) groups excluding carboxylic acids is 2. The van der Waals surface area contributed by atoms with Crippen LogP contribution in [0.1, 0.15) is 37.6 Å². The zero-order chi connectivity index (χ0) is 20.8. The summed E-state index contributed by atoms with van der Waals surface area (Å²) >= 11 is 1.36. The number of pyridine rings is 1. The van der Waals surface area contributed by atoms with E-state index >= 15 is 0 Å². The highest BCUT2D eigenvalue weighted by Crippen LogP contribution is 2.27. The summed E-state index contributed by atoms with van der Waals surface area (Å²) in [6.07, 6.45) is 4.36. The molecule has 150 valence electrons. The van der Waals surface area contributed by atoms with Crippen molar-refractivity contribution in [3.05, 3.63) is 54.4 Å². The second-order valence-electron chi connectivity index (χ2n) is 6.58. The van der Waals surface area contributed by atoms with E-state index in [1.54, 1.807) is 36.7 Å². The molecule has 0 spiro atoms. The van der Waals surface area contributed by atoms with Gasteiger partial charge in [0.1, 0.15) is 0 Å². The fourth-order valence-electron chi connectivity index (χ4n) is 2.79. The highest BCUT2D eigenvalue weighted by atomic mass is 32.2. The molecule has 0 bridgehead atoms. The lowest BCUT2D eigenvalue weighted by Gasteiger charge is -2.13. The van der Waals surface area contributed by atoms with E-state index in [0.29, 0.717) is 16.4 Å². The van der Waals surface area contributed by atoms with Gasteiger partial charge in [0.15, 0.2) is 16.8 Å². The summed E-state index contributed by atoms with van der Waals surface area (Å²) < 4.78 is 2.03. The summed E-state index contributed by atoms with van der Waals surface area (Å²) in [4.78, 5) is 28.2. The van der Waals surface area contributed by atoms with Gasteiger partial charge in [0.2, 0.25) is 5.91 Å². The van der Waals surface area contributed by atoms with Gasteiger partial charge in [-0.15, -0.1) is 10.2 Å². The van der Waals surface area contributed by atoms with Gasteiger partial charge in [-0.3, -0.25) is 14.6 Å². The van der Waals surface area contributed by atoms with E-state index in [9.17, 15) is 9.59 Å². The summed E-state index contributed by atoms with van der Waals surface area (Å²) in [7, 11) is 0. The first-order valence-electron chi connectivity index (χ1n) is 9.41. The Morgan fingerprint density at radius 3 is 2.62 bits per heavy atom. The number of hydrogen-bond acceptors (Lipinski definition) is 6. The standard InChI is InChI=1S/C21H23N5O2S/c1-4-12-26-19(16-8-10-22-11-9-16)24-25-21(26)29-15(3)20(28)23-18-7-5-6-17(13-18)14(2)27/h5-11,13,15H,4,12H2,1-3H3,(H,23,28)/t15-/m1/s1. The molecule has 2 heterocycles. The van der Waals surface area contributed by atoms with Crippen LogP contribution in [-0.2, 0) is 11.3 Å². The molecule has 29 heavy (non-hydrogen) atoms. The van der Waals surface area contributed by atoms with E-state index in [0.717, 1.165) is 24.4 Å². The van der Waals surface area contributed by atoms with Crippen LogP contribution in [0.2, 0.25) is 0 Å². The first kappa shape index (κ1) is 20.7. The minimum atomic E-state index is -0.388. The lowest BCUT2D eigenvalue weighted by molar-refractivity contribution is -0.115. The van der Waals surface area contributed by atoms with E-state index in [2.05, 4.69) is 27.4 Å². The Balaban J connectivity index is 1.75. The van der Waals surface area contributed by atoms with E-state index in [1.165, 1.54) is 18.7 Å². The number of Topliss-reactive ketones (excluding diaryl/α,β-unsaturated/α-hetero) is 1. The minimum Gasteiger partial charge on any atom is -0.325 e. The Labute approximate surface area is 174 Å².